The molecule has 1 aliphatic carbocycles. The highest BCUT2D eigenvalue weighted by molar-refractivity contribution is 5.79. The fraction of sp³-hybridized carbons (Fsp3) is 0.750. The largest absolute Gasteiger partial charge is 0.432 e. The molecule has 5 nitrogen and oxygen atoms in total. The zero-order valence-corrected chi connectivity index (χ0v) is 13.4. The number of carbonyl (C=O) groups is 1. The van der Waals surface area contributed by atoms with Crippen LogP contribution in [0.4, 0.5) is 13.2 Å². The number of halogens is 3. The molecule has 0 radical (unpaired) electrons. The summed E-state index contributed by atoms with van der Waals surface area (Å²) >= 11 is 0. The average Bonchev–Trinajstić information content (AvgIpc) is 3.05. The minimum atomic E-state index is -4.43. The highest BCUT2D eigenvalue weighted by Gasteiger charge is 2.36. The molecule has 24 heavy (non-hydrogen) atoms. The molecule has 1 saturated heterocycles. The van der Waals surface area contributed by atoms with E-state index in [-0.39, 0.29) is 23.8 Å². The number of carbonyl (C=O) groups excluding carboxylic acids is 1. The monoisotopic (exact) mass is 345 g/mol. The van der Waals surface area contributed by atoms with Gasteiger partial charge in [0, 0.05) is 24.9 Å². The van der Waals surface area contributed by atoms with Crippen molar-refractivity contribution >= 4 is 5.91 Å². The van der Waals surface area contributed by atoms with Crippen LogP contribution in [0.3, 0.4) is 0 Å². The summed E-state index contributed by atoms with van der Waals surface area (Å²) < 4.78 is 38.1. The Balaban J connectivity index is 1.64. The minimum absolute atomic E-state index is 0.0641. The molecule has 2 fully saturated rings. The molecule has 134 valence electrons. The molecule has 1 amide bonds. The molecule has 8 heteroatoms. The molecule has 0 bridgehead atoms. The molecule has 1 aromatic rings. The second-order valence-electron chi connectivity index (χ2n) is 6.81. The Labute approximate surface area is 138 Å². The number of amides is 1. The van der Waals surface area contributed by atoms with Gasteiger partial charge in [-0.3, -0.25) is 4.79 Å². The van der Waals surface area contributed by atoms with Crippen LogP contribution in [0.2, 0.25) is 0 Å². The van der Waals surface area contributed by atoms with Gasteiger partial charge in [-0.05, 0) is 38.5 Å². The molecule has 0 spiro atoms. The Morgan fingerprint density at radius 1 is 1.25 bits per heavy atom. The second-order valence-corrected chi connectivity index (χ2v) is 6.81. The lowest BCUT2D eigenvalue weighted by molar-refractivity contribution is -0.141. The summed E-state index contributed by atoms with van der Waals surface area (Å²) in [6, 6.07) is 0. The lowest BCUT2D eigenvalue weighted by atomic mass is 9.85. The maximum absolute atomic E-state index is 12.7. The number of H-pyrrole nitrogens is 1. The first-order valence-corrected chi connectivity index (χ1v) is 8.43. The maximum atomic E-state index is 12.7. The predicted octanol–water partition coefficient (Wildman–Crippen LogP) is 2.69. The molecule has 1 unspecified atom stereocenters. The number of rotatable bonds is 2. The van der Waals surface area contributed by atoms with Crippen molar-refractivity contribution in [3.05, 3.63) is 17.7 Å². The molecule has 2 N–H and O–H groups in total. The van der Waals surface area contributed by atoms with Crippen LogP contribution in [-0.2, 0) is 11.0 Å². The molecule has 1 aromatic heterocycles. The summed E-state index contributed by atoms with van der Waals surface area (Å²) in [6.45, 7) is 1.05. The number of aliphatic hydroxyl groups is 1. The Bertz CT molecular complexity index is 579. The molecule has 2 heterocycles. The zero-order chi connectivity index (χ0) is 17.3. The highest BCUT2D eigenvalue weighted by Crippen LogP contribution is 2.32. The van der Waals surface area contributed by atoms with Crippen molar-refractivity contribution in [3.8, 4) is 0 Å². The van der Waals surface area contributed by atoms with E-state index in [1.54, 1.807) is 4.90 Å². The molecule has 0 aromatic carbocycles. The topological polar surface area (TPSA) is 69.2 Å². The number of hydrogen-bond donors (Lipinski definition) is 2. The molecule has 1 atom stereocenters. The molecular weight excluding hydrogens is 323 g/mol. The number of nitrogens with one attached hydrogen (secondary N) is 1. The molecule has 1 aliphatic heterocycles. The van der Waals surface area contributed by atoms with Crippen molar-refractivity contribution in [2.45, 2.75) is 56.7 Å². The van der Waals surface area contributed by atoms with Gasteiger partial charge in [0.05, 0.1) is 12.3 Å². The van der Waals surface area contributed by atoms with Crippen molar-refractivity contribution < 1.29 is 23.1 Å². The number of nitrogens with zero attached hydrogens (tertiary/aromatic N) is 2. The quantitative estimate of drug-likeness (QED) is 0.866. The normalized spacial score (nSPS) is 28.8. The van der Waals surface area contributed by atoms with Gasteiger partial charge in [0.1, 0.15) is 11.5 Å². The first kappa shape index (κ1) is 17.3. The number of aliphatic hydroxyl groups excluding tert-OH is 1. The number of likely N-dealkylation sites (tertiary alicyclic amines) is 1. The number of piperidine rings is 1. The van der Waals surface area contributed by atoms with Crippen LogP contribution in [0.1, 0.15) is 56.0 Å². The second kappa shape index (κ2) is 6.74. The summed E-state index contributed by atoms with van der Waals surface area (Å²) in [5, 5.41) is 9.55. The van der Waals surface area contributed by atoms with Crippen LogP contribution in [0.25, 0.3) is 0 Å². The van der Waals surface area contributed by atoms with Gasteiger partial charge in [0.15, 0.2) is 0 Å². The van der Waals surface area contributed by atoms with Gasteiger partial charge in [0.25, 0.3) is 0 Å². The molecular formula is C16H22F3N3O2. The summed E-state index contributed by atoms with van der Waals surface area (Å²) in [7, 11) is 0. The molecule has 1 saturated carbocycles. The summed E-state index contributed by atoms with van der Waals surface area (Å²) in [6.07, 6.45) is 0.192. The first-order chi connectivity index (χ1) is 11.3. The SMILES string of the molecule is O=C(C1CCC(O)CC1)N1CCCC(c2ncc(C(F)(F)F)[nH]2)C1. The lowest BCUT2D eigenvalue weighted by Crippen LogP contribution is -2.43. The number of aromatic amines is 1. The van der Waals surface area contributed by atoms with Crippen LogP contribution in [-0.4, -0.2) is 45.1 Å². The molecule has 2 aliphatic rings. The van der Waals surface area contributed by atoms with Crippen molar-refractivity contribution in [1.29, 1.82) is 0 Å². The summed E-state index contributed by atoms with van der Waals surface area (Å²) in [5.41, 5.74) is -0.845. The average molecular weight is 345 g/mol. The number of alkyl halides is 3. The van der Waals surface area contributed by atoms with Gasteiger partial charge in [-0.25, -0.2) is 4.98 Å². The van der Waals surface area contributed by atoms with Gasteiger partial charge in [-0.15, -0.1) is 0 Å². The van der Waals surface area contributed by atoms with E-state index in [1.807, 2.05) is 0 Å². The summed E-state index contributed by atoms with van der Waals surface area (Å²) in [4.78, 5) is 20.6. The van der Waals surface area contributed by atoms with Crippen LogP contribution >= 0.6 is 0 Å². The van der Waals surface area contributed by atoms with E-state index in [0.717, 1.165) is 19.0 Å². The third-order valence-corrected chi connectivity index (χ3v) is 5.07. The Kier molecular flexibility index (Phi) is 4.85. The standard InChI is InChI=1S/C16H22F3N3O2/c17-16(18,19)13-8-20-14(21-13)11-2-1-7-22(9-11)15(24)10-3-5-12(23)6-4-10/h8,10-12,23H,1-7,9H2,(H,20,21). The predicted molar refractivity (Wildman–Crippen MR) is 80.1 cm³/mol. The van der Waals surface area contributed by atoms with Crippen molar-refractivity contribution in [3.63, 3.8) is 0 Å². The fourth-order valence-corrected chi connectivity index (χ4v) is 3.67. The molecule has 3 rings (SSSR count). The van der Waals surface area contributed by atoms with Crippen LogP contribution in [0, 0.1) is 5.92 Å². The number of aromatic nitrogens is 2. The van der Waals surface area contributed by atoms with Gasteiger partial charge < -0.3 is 15.0 Å². The smallest absolute Gasteiger partial charge is 0.393 e. The third-order valence-electron chi connectivity index (χ3n) is 5.07. The van der Waals surface area contributed by atoms with Crippen molar-refractivity contribution in [2.75, 3.05) is 13.1 Å². The van der Waals surface area contributed by atoms with Crippen LogP contribution < -0.4 is 0 Å². The van der Waals surface area contributed by atoms with E-state index in [9.17, 15) is 23.1 Å². The van der Waals surface area contributed by atoms with E-state index in [0.29, 0.717) is 44.6 Å². The van der Waals surface area contributed by atoms with Crippen LogP contribution in [0.15, 0.2) is 6.20 Å². The van der Waals surface area contributed by atoms with Crippen molar-refractivity contribution in [1.82, 2.24) is 14.9 Å². The third kappa shape index (κ3) is 3.74. The van der Waals surface area contributed by atoms with Gasteiger partial charge in [0.2, 0.25) is 5.91 Å². The zero-order valence-electron chi connectivity index (χ0n) is 13.4. The number of hydrogen-bond acceptors (Lipinski definition) is 3. The summed E-state index contributed by atoms with van der Waals surface area (Å²) in [5.74, 6) is 0.107. The van der Waals surface area contributed by atoms with Gasteiger partial charge in [-0.2, -0.15) is 13.2 Å². The van der Waals surface area contributed by atoms with Crippen molar-refractivity contribution in [2.24, 2.45) is 5.92 Å². The lowest BCUT2D eigenvalue weighted by Gasteiger charge is -2.35. The number of imidazole rings is 1. The maximum Gasteiger partial charge on any atom is 0.432 e. The highest BCUT2D eigenvalue weighted by atomic mass is 19.4. The Morgan fingerprint density at radius 3 is 2.58 bits per heavy atom. The van der Waals surface area contributed by atoms with Gasteiger partial charge in [-0.1, -0.05) is 0 Å². The Hall–Kier alpha value is -1.57. The van der Waals surface area contributed by atoms with E-state index in [4.69, 9.17) is 0 Å². The van der Waals surface area contributed by atoms with E-state index < -0.39 is 11.9 Å². The first-order valence-electron chi connectivity index (χ1n) is 8.43. The fourth-order valence-electron chi connectivity index (χ4n) is 3.67. The van der Waals surface area contributed by atoms with Gasteiger partial charge >= 0.3 is 6.18 Å². The van der Waals surface area contributed by atoms with E-state index >= 15 is 0 Å². The minimum Gasteiger partial charge on any atom is -0.393 e. The van der Waals surface area contributed by atoms with E-state index in [1.165, 1.54) is 0 Å². The van der Waals surface area contributed by atoms with E-state index in [2.05, 4.69) is 9.97 Å². The van der Waals surface area contributed by atoms with Crippen LogP contribution in [0.5, 0.6) is 0 Å². The Morgan fingerprint density at radius 2 is 1.96 bits per heavy atom.